The molecule has 2 aromatic carbocycles. The lowest BCUT2D eigenvalue weighted by molar-refractivity contribution is -0.123. The van der Waals surface area contributed by atoms with Crippen LogP contribution in [0.1, 0.15) is 50.0 Å². The molecule has 7 nitrogen and oxygen atoms in total. The molecule has 3 rings (SSSR count). The lowest BCUT2D eigenvalue weighted by atomic mass is 9.99. The van der Waals surface area contributed by atoms with Gasteiger partial charge in [0.25, 0.3) is 11.8 Å². The SMILES string of the molecule is CC(=O)Nc1ccc(N2C(=O)CC(N(C(=O)c3cccc(C)c3)C(C)(C)C)C2=O)cc1. The number of imide groups is 1. The van der Waals surface area contributed by atoms with E-state index >= 15 is 0 Å². The summed E-state index contributed by atoms with van der Waals surface area (Å²) in [5.74, 6) is -1.30. The number of rotatable bonds is 4. The zero-order valence-electron chi connectivity index (χ0n) is 18.4. The molecule has 0 spiro atoms. The summed E-state index contributed by atoms with van der Waals surface area (Å²) in [5, 5.41) is 2.65. The van der Waals surface area contributed by atoms with Crippen LogP contribution in [0.2, 0.25) is 0 Å². The Hall–Kier alpha value is -3.48. The molecule has 4 amide bonds. The smallest absolute Gasteiger partial charge is 0.257 e. The fourth-order valence-corrected chi connectivity index (χ4v) is 3.82. The fraction of sp³-hybridized carbons (Fsp3) is 0.333. The number of nitrogens with one attached hydrogen (secondary N) is 1. The van der Waals surface area contributed by atoms with Gasteiger partial charge >= 0.3 is 0 Å². The maximum absolute atomic E-state index is 13.4. The minimum absolute atomic E-state index is 0.0822. The summed E-state index contributed by atoms with van der Waals surface area (Å²) in [4.78, 5) is 53.3. The highest BCUT2D eigenvalue weighted by molar-refractivity contribution is 6.23. The Balaban J connectivity index is 1.92. The highest BCUT2D eigenvalue weighted by Crippen LogP contribution is 2.31. The Kier molecular flexibility index (Phi) is 5.97. The van der Waals surface area contributed by atoms with Crippen LogP contribution in [0, 0.1) is 6.92 Å². The molecule has 7 heteroatoms. The van der Waals surface area contributed by atoms with Crippen molar-refractivity contribution in [3.05, 3.63) is 59.7 Å². The number of hydrogen-bond acceptors (Lipinski definition) is 4. The molecule has 162 valence electrons. The summed E-state index contributed by atoms with van der Waals surface area (Å²) in [6.45, 7) is 8.85. The number of nitrogens with zero attached hydrogens (tertiary/aromatic N) is 2. The third kappa shape index (κ3) is 4.66. The van der Waals surface area contributed by atoms with Crippen LogP contribution in [0.3, 0.4) is 0 Å². The number of benzene rings is 2. The molecule has 1 aliphatic heterocycles. The topological polar surface area (TPSA) is 86.8 Å². The van der Waals surface area contributed by atoms with E-state index < -0.39 is 17.5 Å². The zero-order valence-corrected chi connectivity index (χ0v) is 18.4. The predicted octanol–water partition coefficient (Wildman–Crippen LogP) is 3.53. The van der Waals surface area contributed by atoms with E-state index in [1.165, 1.54) is 11.8 Å². The van der Waals surface area contributed by atoms with Gasteiger partial charge in [0.05, 0.1) is 12.1 Å². The van der Waals surface area contributed by atoms with Crippen molar-refractivity contribution in [3.63, 3.8) is 0 Å². The van der Waals surface area contributed by atoms with E-state index in [4.69, 9.17) is 0 Å². The molecule has 1 saturated heterocycles. The number of carbonyl (C=O) groups is 4. The first-order valence-electron chi connectivity index (χ1n) is 10.1. The summed E-state index contributed by atoms with van der Waals surface area (Å²) in [5.41, 5.74) is 1.72. The van der Waals surface area contributed by atoms with Crippen LogP contribution in [-0.4, -0.2) is 40.1 Å². The Labute approximate surface area is 182 Å². The molecule has 1 N–H and O–H groups in total. The standard InChI is InChI=1S/C24H27N3O4/c1-15-7-6-8-17(13-15)22(30)27(24(3,4)5)20-14-21(29)26(23(20)31)19-11-9-18(10-12-19)25-16(2)28/h6-13,20H,14H2,1-5H3,(H,25,28). The molecule has 1 heterocycles. The highest BCUT2D eigenvalue weighted by atomic mass is 16.2. The lowest BCUT2D eigenvalue weighted by Crippen LogP contribution is -2.54. The van der Waals surface area contributed by atoms with Gasteiger partial charge in [-0.15, -0.1) is 0 Å². The normalized spacial score (nSPS) is 16.4. The molecule has 1 atom stereocenters. The van der Waals surface area contributed by atoms with Crippen LogP contribution in [0.4, 0.5) is 11.4 Å². The van der Waals surface area contributed by atoms with Gasteiger partial charge in [-0.2, -0.15) is 0 Å². The van der Waals surface area contributed by atoms with Crippen molar-refractivity contribution >= 4 is 35.0 Å². The van der Waals surface area contributed by atoms with E-state index in [0.717, 1.165) is 10.5 Å². The monoisotopic (exact) mass is 421 g/mol. The lowest BCUT2D eigenvalue weighted by Gasteiger charge is -2.39. The van der Waals surface area contributed by atoms with Crippen LogP contribution in [0.15, 0.2) is 48.5 Å². The van der Waals surface area contributed by atoms with E-state index in [0.29, 0.717) is 16.9 Å². The Morgan fingerprint density at radius 1 is 1.06 bits per heavy atom. The average molecular weight is 421 g/mol. The molecular weight excluding hydrogens is 394 g/mol. The second kappa shape index (κ2) is 8.34. The van der Waals surface area contributed by atoms with Crippen molar-refractivity contribution in [2.45, 2.75) is 52.6 Å². The van der Waals surface area contributed by atoms with Crippen molar-refractivity contribution in [2.24, 2.45) is 0 Å². The number of amides is 4. The highest BCUT2D eigenvalue weighted by Gasteiger charge is 2.47. The molecule has 0 aromatic heterocycles. The van der Waals surface area contributed by atoms with Crippen molar-refractivity contribution in [2.75, 3.05) is 10.2 Å². The molecule has 2 aromatic rings. The Morgan fingerprint density at radius 3 is 2.26 bits per heavy atom. The maximum Gasteiger partial charge on any atom is 0.257 e. The second-order valence-corrected chi connectivity index (χ2v) is 8.73. The minimum Gasteiger partial charge on any atom is -0.326 e. The predicted molar refractivity (Wildman–Crippen MR) is 119 cm³/mol. The van der Waals surface area contributed by atoms with E-state index in [-0.39, 0.29) is 24.1 Å². The first kappa shape index (κ1) is 22.2. The minimum atomic E-state index is -0.893. The molecule has 0 radical (unpaired) electrons. The maximum atomic E-state index is 13.4. The molecule has 0 aliphatic carbocycles. The Morgan fingerprint density at radius 2 is 1.71 bits per heavy atom. The van der Waals surface area contributed by atoms with Gasteiger partial charge in [0.15, 0.2) is 0 Å². The van der Waals surface area contributed by atoms with Crippen LogP contribution in [0.25, 0.3) is 0 Å². The van der Waals surface area contributed by atoms with Gasteiger partial charge in [-0.1, -0.05) is 17.7 Å². The molecule has 1 fully saturated rings. The third-order valence-corrected chi connectivity index (χ3v) is 5.09. The first-order valence-corrected chi connectivity index (χ1v) is 10.1. The summed E-state index contributed by atoms with van der Waals surface area (Å²) in [6, 6.07) is 12.8. The van der Waals surface area contributed by atoms with E-state index in [2.05, 4.69) is 5.32 Å². The van der Waals surface area contributed by atoms with Gasteiger partial charge in [-0.05, 0) is 64.1 Å². The number of aryl methyl sites for hydroxylation is 1. The molecule has 1 aliphatic rings. The Bertz CT molecular complexity index is 1040. The number of carbonyl (C=O) groups excluding carboxylic acids is 4. The molecule has 0 saturated carbocycles. The van der Waals surface area contributed by atoms with Gasteiger partial charge < -0.3 is 10.2 Å². The molecular formula is C24H27N3O4. The van der Waals surface area contributed by atoms with Crippen molar-refractivity contribution in [1.82, 2.24) is 4.90 Å². The van der Waals surface area contributed by atoms with Gasteiger partial charge in [0, 0.05) is 23.7 Å². The van der Waals surface area contributed by atoms with Crippen LogP contribution >= 0.6 is 0 Å². The first-order chi connectivity index (χ1) is 14.5. The molecule has 1 unspecified atom stereocenters. The van der Waals surface area contributed by atoms with Gasteiger partial charge in [0.2, 0.25) is 11.8 Å². The fourth-order valence-electron chi connectivity index (χ4n) is 3.82. The molecule has 31 heavy (non-hydrogen) atoms. The van der Waals surface area contributed by atoms with Crippen molar-refractivity contribution < 1.29 is 19.2 Å². The largest absolute Gasteiger partial charge is 0.326 e. The summed E-state index contributed by atoms with van der Waals surface area (Å²) >= 11 is 0. The van der Waals surface area contributed by atoms with Gasteiger partial charge in [0.1, 0.15) is 6.04 Å². The van der Waals surface area contributed by atoms with Crippen LogP contribution in [-0.2, 0) is 14.4 Å². The van der Waals surface area contributed by atoms with Gasteiger partial charge in [-0.25, -0.2) is 4.90 Å². The average Bonchev–Trinajstić information content (AvgIpc) is 2.95. The third-order valence-electron chi connectivity index (χ3n) is 5.09. The number of anilines is 2. The molecule has 0 bridgehead atoms. The summed E-state index contributed by atoms with van der Waals surface area (Å²) in [7, 11) is 0. The van der Waals surface area contributed by atoms with E-state index in [1.807, 2.05) is 33.8 Å². The van der Waals surface area contributed by atoms with E-state index in [9.17, 15) is 19.2 Å². The van der Waals surface area contributed by atoms with E-state index in [1.54, 1.807) is 42.5 Å². The zero-order chi connectivity index (χ0) is 22.9. The van der Waals surface area contributed by atoms with Crippen LogP contribution in [0.5, 0.6) is 0 Å². The van der Waals surface area contributed by atoms with Gasteiger partial charge in [-0.3, -0.25) is 19.2 Å². The quantitative estimate of drug-likeness (QED) is 0.765. The van der Waals surface area contributed by atoms with Crippen LogP contribution < -0.4 is 10.2 Å². The number of hydrogen-bond donors (Lipinski definition) is 1. The summed E-state index contributed by atoms with van der Waals surface area (Å²) < 4.78 is 0. The van der Waals surface area contributed by atoms with Crippen molar-refractivity contribution in [1.29, 1.82) is 0 Å². The van der Waals surface area contributed by atoms with Crippen molar-refractivity contribution in [3.8, 4) is 0 Å². The summed E-state index contributed by atoms with van der Waals surface area (Å²) in [6.07, 6.45) is -0.0822. The second-order valence-electron chi connectivity index (χ2n) is 8.73.